The van der Waals surface area contributed by atoms with Crippen molar-refractivity contribution in [2.24, 2.45) is 29.1 Å². The summed E-state index contributed by atoms with van der Waals surface area (Å²) in [6.07, 6.45) is 6.31. The molecule has 1 aromatic carbocycles. The van der Waals surface area contributed by atoms with Crippen molar-refractivity contribution < 1.29 is 45.1 Å². The minimum absolute atomic E-state index is 0.0511. The molecule has 13 heteroatoms. The van der Waals surface area contributed by atoms with E-state index in [0.29, 0.717) is 30.4 Å². The molecule has 232 valence electrons. The number of nitrogens with zero attached hydrogens (tertiary/aromatic N) is 1. The Morgan fingerprint density at radius 1 is 1.00 bits per heavy atom. The number of esters is 1. The third kappa shape index (κ3) is 6.27. The predicted molar refractivity (Wildman–Crippen MR) is 153 cm³/mol. The summed E-state index contributed by atoms with van der Waals surface area (Å²) >= 11 is 0. The number of hydrogen-bond donors (Lipinski definition) is 0. The Kier molecular flexibility index (Phi) is 9.80. The molecule has 5 atom stereocenters. The van der Waals surface area contributed by atoms with Crippen LogP contribution in [0.5, 0.6) is 0 Å². The van der Waals surface area contributed by atoms with E-state index in [1.54, 1.807) is 12.1 Å². The number of amides is 2. The van der Waals surface area contributed by atoms with Crippen LogP contribution < -0.4 is 0 Å². The minimum Gasteiger partial charge on any atom is -0.465 e. The van der Waals surface area contributed by atoms with Gasteiger partial charge in [0.1, 0.15) is 0 Å². The molecule has 0 aromatic heterocycles. The number of imide groups is 1. The van der Waals surface area contributed by atoms with Crippen LogP contribution in [0.2, 0.25) is 6.04 Å². The number of hydrogen-bond acceptors (Lipinski definition) is 10. The molecule has 2 bridgehead atoms. The van der Waals surface area contributed by atoms with E-state index in [-0.39, 0.29) is 35.2 Å². The molecule has 5 unspecified atom stereocenters. The molecule has 0 radical (unpaired) electrons. The SMILES string of the molecule is CCC(CC(C)(C)C(=O)OCCC[Si](OC)(OC)OC)c1ccc(S(=O)(=O)ON2C(=O)C3C4C=CC(C4)C3C2=O)cc1. The maximum Gasteiger partial charge on any atom is 0.500 e. The quantitative estimate of drug-likeness (QED) is 0.0933. The van der Waals surface area contributed by atoms with Crippen LogP contribution in [0.4, 0.5) is 0 Å². The first-order valence-electron chi connectivity index (χ1n) is 14.3. The van der Waals surface area contributed by atoms with E-state index in [1.807, 2.05) is 32.9 Å². The second-order valence-corrected chi connectivity index (χ2v) is 16.4. The fourth-order valence-electron chi connectivity index (χ4n) is 6.40. The highest BCUT2D eigenvalue weighted by Crippen LogP contribution is 2.52. The highest BCUT2D eigenvalue weighted by molar-refractivity contribution is 7.86. The highest BCUT2D eigenvalue weighted by atomic mass is 32.2. The van der Waals surface area contributed by atoms with Crippen molar-refractivity contribution in [1.82, 2.24) is 5.06 Å². The van der Waals surface area contributed by atoms with E-state index < -0.39 is 48.0 Å². The van der Waals surface area contributed by atoms with Crippen LogP contribution in [0.15, 0.2) is 41.3 Å². The number of carbonyl (C=O) groups excluding carboxylic acids is 3. The van der Waals surface area contributed by atoms with Crippen LogP contribution in [0, 0.1) is 29.1 Å². The largest absolute Gasteiger partial charge is 0.500 e. The number of benzene rings is 1. The molecule has 1 saturated heterocycles. The van der Waals surface area contributed by atoms with Crippen LogP contribution in [-0.2, 0) is 46.8 Å². The van der Waals surface area contributed by atoms with Crippen molar-refractivity contribution in [2.75, 3.05) is 27.9 Å². The number of ether oxygens (including phenoxy) is 1. The zero-order valence-electron chi connectivity index (χ0n) is 25.0. The molecule has 2 aliphatic carbocycles. The second kappa shape index (κ2) is 12.7. The lowest BCUT2D eigenvalue weighted by Gasteiger charge is -2.28. The van der Waals surface area contributed by atoms with E-state index in [2.05, 4.69) is 0 Å². The molecule has 0 N–H and O–H groups in total. The smallest absolute Gasteiger partial charge is 0.465 e. The van der Waals surface area contributed by atoms with Gasteiger partial charge in [-0.15, -0.1) is 9.35 Å². The molecule has 1 aromatic rings. The number of carbonyl (C=O) groups is 3. The topological polar surface area (TPSA) is 135 Å². The van der Waals surface area contributed by atoms with Crippen LogP contribution in [-0.4, -0.2) is 68.0 Å². The Morgan fingerprint density at radius 3 is 2.05 bits per heavy atom. The second-order valence-electron chi connectivity index (χ2n) is 11.8. The van der Waals surface area contributed by atoms with E-state index in [9.17, 15) is 22.8 Å². The van der Waals surface area contributed by atoms with E-state index in [4.69, 9.17) is 22.3 Å². The van der Waals surface area contributed by atoms with Crippen LogP contribution in [0.3, 0.4) is 0 Å². The van der Waals surface area contributed by atoms with Gasteiger partial charge in [0.2, 0.25) is 0 Å². The van der Waals surface area contributed by atoms with Gasteiger partial charge in [0.05, 0.1) is 28.8 Å². The molecular formula is C29H41NO10SSi. The average molecular weight is 624 g/mol. The lowest BCUT2D eigenvalue weighted by molar-refractivity contribution is -0.166. The number of hydroxylamine groups is 2. The summed E-state index contributed by atoms with van der Waals surface area (Å²) in [5.41, 5.74) is 0.0502. The maximum atomic E-state index is 13.0. The Balaban J connectivity index is 1.35. The lowest BCUT2D eigenvalue weighted by Crippen LogP contribution is -2.42. The molecular weight excluding hydrogens is 582 g/mol. The van der Waals surface area contributed by atoms with Crippen LogP contribution in [0.1, 0.15) is 57.9 Å². The summed E-state index contributed by atoms with van der Waals surface area (Å²) in [6.45, 7) is 5.85. The fourth-order valence-corrected chi connectivity index (χ4v) is 8.99. The highest BCUT2D eigenvalue weighted by Gasteiger charge is 2.61. The van der Waals surface area contributed by atoms with Gasteiger partial charge in [-0.25, -0.2) is 0 Å². The maximum absolute atomic E-state index is 13.0. The molecule has 1 aliphatic heterocycles. The van der Waals surface area contributed by atoms with Crippen molar-refractivity contribution in [3.63, 3.8) is 0 Å². The molecule has 42 heavy (non-hydrogen) atoms. The van der Waals surface area contributed by atoms with Gasteiger partial charge < -0.3 is 18.0 Å². The van der Waals surface area contributed by atoms with Gasteiger partial charge in [0.15, 0.2) is 0 Å². The molecule has 1 saturated carbocycles. The Morgan fingerprint density at radius 2 is 1.55 bits per heavy atom. The monoisotopic (exact) mass is 623 g/mol. The number of allylic oxidation sites excluding steroid dienone is 2. The summed E-state index contributed by atoms with van der Waals surface area (Å²) in [5.74, 6) is -2.79. The van der Waals surface area contributed by atoms with E-state index >= 15 is 0 Å². The van der Waals surface area contributed by atoms with Crippen LogP contribution in [0.25, 0.3) is 0 Å². The molecule has 0 spiro atoms. The van der Waals surface area contributed by atoms with Gasteiger partial charge in [0.25, 0.3) is 11.8 Å². The van der Waals surface area contributed by atoms with Crippen molar-refractivity contribution in [3.8, 4) is 0 Å². The normalized spacial score (nSPS) is 24.4. The molecule has 2 amide bonds. The van der Waals surface area contributed by atoms with Crippen molar-refractivity contribution in [3.05, 3.63) is 42.0 Å². The summed E-state index contributed by atoms with van der Waals surface area (Å²) in [4.78, 5) is 38.5. The molecule has 11 nitrogen and oxygen atoms in total. The van der Waals surface area contributed by atoms with Gasteiger partial charge in [-0.05, 0) is 75.0 Å². The zero-order valence-corrected chi connectivity index (χ0v) is 26.8. The van der Waals surface area contributed by atoms with Gasteiger partial charge in [-0.2, -0.15) is 8.42 Å². The van der Waals surface area contributed by atoms with Gasteiger partial charge in [-0.1, -0.05) is 31.2 Å². The van der Waals surface area contributed by atoms with Crippen molar-refractivity contribution in [2.45, 2.75) is 63.3 Å². The molecule has 4 rings (SSSR count). The predicted octanol–water partition coefficient (Wildman–Crippen LogP) is 3.84. The number of rotatable bonds is 15. The lowest BCUT2D eigenvalue weighted by atomic mass is 9.79. The zero-order chi connectivity index (χ0) is 30.9. The van der Waals surface area contributed by atoms with E-state index in [1.165, 1.54) is 33.5 Å². The third-order valence-electron chi connectivity index (χ3n) is 8.84. The summed E-state index contributed by atoms with van der Waals surface area (Å²) in [6, 6.07) is 6.65. The number of fused-ring (bicyclic) bond motifs is 5. The summed E-state index contributed by atoms with van der Waals surface area (Å²) < 4.78 is 52.9. The average Bonchev–Trinajstić information content (AvgIpc) is 3.67. The molecule has 2 fully saturated rings. The van der Waals surface area contributed by atoms with Gasteiger partial charge >= 0.3 is 24.9 Å². The minimum atomic E-state index is -4.42. The first-order valence-corrected chi connectivity index (χ1v) is 17.6. The molecule has 1 heterocycles. The Bertz CT molecular complexity index is 1270. The first-order chi connectivity index (χ1) is 19.8. The summed E-state index contributed by atoms with van der Waals surface area (Å²) in [5, 5.41) is 0.440. The molecule has 3 aliphatic rings. The first kappa shape index (κ1) is 32.5. The summed E-state index contributed by atoms with van der Waals surface area (Å²) in [7, 11) is -2.54. The van der Waals surface area contributed by atoms with Crippen molar-refractivity contribution in [1.29, 1.82) is 0 Å². The standard InChI is InChI=1S/C29H41NO10SSi/c1-7-19(18-29(2,3)28(33)39-15-8-16-42(36-4,37-5)38-6)20-11-13-23(14-12-20)41(34,35)40-30-26(31)24-21-9-10-22(17-21)25(24)27(30)32/h9-14,19,21-22,24-25H,7-8,15-18H2,1-6H3. The Labute approximate surface area is 248 Å². The third-order valence-corrected chi connectivity index (χ3v) is 12.9. The van der Waals surface area contributed by atoms with Crippen LogP contribution >= 0.6 is 0 Å². The van der Waals surface area contributed by atoms with Crippen molar-refractivity contribution >= 4 is 36.7 Å². The van der Waals surface area contributed by atoms with Gasteiger partial charge in [0, 0.05) is 27.4 Å². The fraction of sp³-hybridized carbons (Fsp3) is 0.621. The van der Waals surface area contributed by atoms with E-state index in [0.717, 1.165) is 12.0 Å². The van der Waals surface area contributed by atoms with Gasteiger partial charge in [-0.3, -0.25) is 14.4 Å². The Hall–Kier alpha value is -2.42.